The molecule has 0 bridgehead atoms. The van der Waals surface area contributed by atoms with E-state index in [2.05, 4.69) is 56.3 Å². The lowest BCUT2D eigenvalue weighted by atomic mass is 9.98. The summed E-state index contributed by atoms with van der Waals surface area (Å²) in [6.45, 7) is 4.70. The Morgan fingerprint density at radius 2 is 2.08 bits per heavy atom. The maximum Gasteiger partial charge on any atom is 0.230 e. The highest BCUT2D eigenvalue weighted by Crippen LogP contribution is 2.30. The zero-order chi connectivity index (χ0) is 17.4. The van der Waals surface area contributed by atoms with E-state index in [9.17, 15) is 4.79 Å². The molecule has 128 valence electrons. The van der Waals surface area contributed by atoms with E-state index >= 15 is 0 Å². The Kier molecular flexibility index (Phi) is 3.87. The Balaban J connectivity index is 1.55. The molecule has 1 aliphatic rings. The number of nitrogens with one attached hydrogen (secondary N) is 2. The first-order valence-electron chi connectivity index (χ1n) is 8.54. The van der Waals surface area contributed by atoms with Crippen molar-refractivity contribution in [3.05, 3.63) is 53.7 Å². The van der Waals surface area contributed by atoms with Crippen LogP contribution in [0.2, 0.25) is 0 Å². The minimum atomic E-state index is -0.0652. The van der Waals surface area contributed by atoms with E-state index in [-0.39, 0.29) is 11.8 Å². The van der Waals surface area contributed by atoms with Crippen molar-refractivity contribution in [3.63, 3.8) is 0 Å². The van der Waals surface area contributed by atoms with Crippen LogP contribution >= 0.6 is 0 Å². The lowest BCUT2D eigenvalue weighted by molar-refractivity contribution is -0.120. The Morgan fingerprint density at radius 3 is 2.88 bits per heavy atom. The molecular formula is C19H21N5O. The smallest absolute Gasteiger partial charge is 0.230 e. The van der Waals surface area contributed by atoms with E-state index in [0.717, 1.165) is 35.5 Å². The van der Waals surface area contributed by atoms with Crippen molar-refractivity contribution >= 4 is 11.7 Å². The van der Waals surface area contributed by atoms with Crippen LogP contribution < -0.4 is 5.32 Å². The van der Waals surface area contributed by atoms with Crippen molar-refractivity contribution in [2.45, 2.75) is 33.2 Å². The summed E-state index contributed by atoms with van der Waals surface area (Å²) in [5, 5.41) is 10.3. The van der Waals surface area contributed by atoms with Gasteiger partial charge in [-0.3, -0.25) is 9.89 Å². The van der Waals surface area contributed by atoms with E-state index in [1.807, 2.05) is 13.1 Å². The molecule has 3 aromatic rings. The molecule has 0 fully saturated rings. The Bertz CT molecular complexity index is 906. The standard InChI is InChI=1S/C19H21N5O/c1-12-3-5-14(6-4-12)17-13(2)22-23-18(17)21-19(25)15-7-8-16-20-9-10-24(16)11-15/h3-6,9-10,15H,7-8,11H2,1-2H3,(H2,21,22,23,25). The van der Waals surface area contributed by atoms with Crippen molar-refractivity contribution in [1.82, 2.24) is 19.7 Å². The highest BCUT2D eigenvalue weighted by molar-refractivity contribution is 5.96. The van der Waals surface area contributed by atoms with Crippen molar-refractivity contribution in [1.29, 1.82) is 0 Å². The first kappa shape index (κ1) is 15.6. The molecule has 2 aromatic heterocycles. The second-order valence-electron chi connectivity index (χ2n) is 6.66. The molecule has 2 N–H and O–H groups in total. The number of anilines is 1. The molecule has 0 aliphatic carbocycles. The van der Waals surface area contributed by atoms with Crippen molar-refractivity contribution in [2.75, 3.05) is 5.32 Å². The maximum absolute atomic E-state index is 12.7. The lowest BCUT2D eigenvalue weighted by Crippen LogP contribution is -2.31. The molecule has 4 rings (SSSR count). The fraction of sp³-hybridized carbons (Fsp3) is 0.316. The fourth-order valence-electron chi connectivity index (χ4n) is 3.39. The number of imidazole rings is 1. The van der Waals surface area contributed by atoms with E-state index < -0.39 is 0 Å². The van der Waals surface area contributed by atoms with Crippen LogP contribution in [0.3, 0.4) is 0 Å². The molecule has 1 amide bonds. The number of rotatable bonds is 3. The first-order valence-corrected chi connectivity index (χ1v) is 8.54. The fourth-order valence-corrected chi connectivity index (χ4v) is 3.39. The number of benzene rings is 1. The van der Waals surface area contributed by atoms with Gasteiger partial charge in [0.05, 0.1) is 5.92 Å². The van der Waals surface area contributed by atoms with Crippen LogP contribution in [-0.2, 0) is 17.8 Å². The van der Waals surface area contributed by atoms with Gasteiger partial charge in [-0.15, -0.1) is 0 Å². The van der Waals surface area contributed by atoms with Gasteiger partial charge in [-0.05, 0) is 25.8 Å². The molecule has 1 aromatic carbocycles. The van der Waals surface area contributed by atoms with E-state index in [0.29, 0.717) is 12.4 Å². The molecule has 0 radical (unpaired) electrons. The molecule has 0 spiro atoms. The van der Waals surface area contributed by atoms with Gasteiger partial charge in [0.25, 0.3) is 0 Å². The molecule has 0 saturated heterocycles. The minimum Gasteiger partial charge on any atom is -0.334 e. The summed E-state index contributed by atoms with van der Waals surface area (Å²) in [7, 11) is 0. The number of nitrogens with zero attached hydrogens (tertiary/aromatic N) is 3. The zero-order valence-corrected chi connectivity index (χ0v) is 14.4. The topological polar surface area (TPSA) is 75.6 Å². The summed E-state index contributed by atoms with van der Waals surface area (Å²) < 4.78 is 2.06. The Hall–Kier alpha value is -2.89. The predicted octanol–water partition coefficient (Wildman–Crippen LogP) is 3.09. The molecular weight excluding hydrogens is 314 g/mol. The van der Waals surface area contributed by atoms with Crippen molar-refractivity contribution < 1.29 is 4.79 Å². The number of carbonyl (C=O) groups excluding carboxylic acids is 1. The van der Waals surface area contributed by atoms with Gasteiger partial charge in [-0.1, -0.05) is 29.8 Å². The average Bonchev–Trinajstić information content (AvgIpc) is 3.22. The predicted molar refractivity (Wildman–Crippen MR) is 96.2 cm³/mol. The summed E-state index contributed by atoms with van der Waals surface area (Å²) in [5.74, 6) is 1.60. The summed E-state index contributed by atoms with van der Waals surface area (Å²) >= 11 is 0. The Labute approximate surface area is 146 Å². The second-order valence-corrected chi connectivity index (χ2v) is 6.66. The third-order valence-electron chi connectivity index (χ3n) is 4.84. The van der Waals surface area contributed by atoms with E-state index in [4.69, 9.17) is 0 Å². The van der Waals surface area contributed by atoms with Gasteiger partial charge >= 0.3 is 0 Å². The molecule has 0 saturated carbocycles. The minimum absolute atomic E-state index is 0.0132. The van der Waals surface area contributed by atoms with Gasteiger partial charge in [0, 0.05) is 36.6 Å². The third-order valence-corrected chi connectivity index (χ3v) is 4.84. The third kappa shape index (κ3) is 2.95. The number of hydrogen-bond acceptors (Lipinski definition) is 3. The number of aromatic amines is 1. The van der Waals surface area contributed by atoms with Gasteiger partial charge in [0.2, 0.25) is 5.91 Å². The second kappa shape index (κ2) is 6.20. The summed E-state index contributed by atoms with van der Waals surface area (Å²) in [6.07, 6.45) is 5.37. The monoisotopic (exact) mass is 335 g/mol. The van der Waals surface area contributed by atoms with Crippen LogP contribution in [0.15, 0.2) is 36.7 Å². The van der Waals surface area contributed by atoms with Crippen molar-refractivity contribution in [2.24, 2.45) is 5.92 Å². The molecule has 1 atom stereocenters. The Morgan fingerprint density at radius 1 is 1.28 bits per heavy atom. The van der Waals surface area contributed by atoms with Crippen LogP contribution in [0.4, 0.5) is 5.82 Å². The molecule has 1 unspecified atom stereocenters. The number of aryl methyl sites for hydroxylation is 3. The number of aromatic nitrogens is 4. The number of fused-ring (bicyclic) bond motifs is 1. The van der Waals surface area contributed by atoms with Gasteiger partial charge in [-0.2, -0.15) is 5.10 Å². The molecule has 6 heteroatoms. The van der Waals surface area contributed by atoms with Gasteiger partial charge in [0.1, 0.15) is 5.82 Å². The SMILES string of the molecule is Cc1ccc(-c2c(NC(=O)C3CCc4nccn4C3)n[nH]c2C)cc1. The summed E-state index contributed by atoms with van der Waals surface area (Å²) in [4.78, 5) is 17.1. The molecule has 6 nitrogen and oxygen atoms in total. The average molecular weight is 335 g/mol. The molecule has 3 heterocycles. The summed E-state index contributed by atoms with van der Waals surface area (Å²) in [5.41, 5.74) is 4.15. The highest BCUT2D eigenvalue weighted by atomic mass is 16.2. The van der Waals surface area contributed by atoms with E-state index in [1.165, 1.54) is 5.56 Å². The number of amides is 1. The van der Waals surface area contributed by atoms with Gasteiger partial charge in [0.15, 0.2) is 5.82 Å². The van der Waals surface area contributed by atoms with E-state index in [1.54, 1.807) is 6.20 Å². The quantitative estimate of drug-likeness (QED) is 0.772. The summed E-state index contributed by atoms with van der Waals surface area (Å²) in [6, 6.07) is 8.24. The van der Waals surface area contributed by atoms with Crippen LogP contribution in [0.25, 0.3) is 11.1 Å². The van der Waals surface area contributed by atoms with Crippen LogP contribution in [0, 0.1) is 19.8 Å². The van der Waals surface area contributed by atoms with Crippen LogP contribution in [0.5, 0.6) is 0 Å². The first-order chi connectivity index (χ1) is 12.1. The maximum atomic E-state index is 12.7. The normalized spacial score (nSPS) is 16.5. The lowest BCUT2D eigenvalue weighted by Gasteiger charge is -2.22. The van der Waals surface area contributed by atoms with Crippen LogP contribution in [-0.4, -0.2) is 25.7 Å². The van der Waals surface area contributed by atoms with Gasteiger partial charge < -0.3 is 9.88 Å². The molecule has 25 heavy (non-hydrogen) atoms. The van der Waals surface area contributed by atoms with Crippen molar-refractivity contribution in [3.8, 4) is 11.1 Å². The number of carbonyl (C=O) groups is 1. The zero-order valence-electron chi connectivity index (χ0n) is 14.4. The molecule has 1 aliphatic heterocycles. The van der Waals surface area contributed by atoms with Crippen LogP contribution in [0.1, 0.15) is 23.5 Å². The number of hydrogen-bond donors (Lipinski definition) is 2. The van der Waals surface area contributed by atoms with Gasteiger partial charge in [-0.25, -0.2) is 4.98 Å². The largest absolute Gasteiger partial charge is 0.334 e. The highest BCUT2D eigenvalue weighted by Gasteiger charge is 2.26. The number of H-pyrrole nitrogens is 1.